The van der Waals surface area contributed by atoms with Gasteiger partial charge in [0, 0.05) is 37.6 Å². The molecule has 1 heterocycles. The summed E-state index contributed by atoms with van der Waals surface area (Å²) >= 11 is 0. The second kappa shape index (κ2) is 7.35. The Hall–Kier alpha value is -1.94. The summed E-state index contributed by atoms with van der Waals surface area (Å²) in [6.07, 6.45) is 6.97. The number of rotatable bonds is 7. The normalized spacial score (nSPS) is 11.5. The first-order valence-corrected chi connectivity index (χ1v) is 5.37. The fraction of sp³-hybridized carbons (Fsp3) is 0.231. The topological polar surface area (TPSA) is 48.7 Å². The van der Waals surface area contributed by atoms with Gasteiger partial charge in [0.1, 0.15) is 5.71 Å². The molecule has 1 aromatic heterocycles. The van der Waals surface area contributed by atoms with Crippen LogP contribution in [0.3, 0.4) is 0 Å². The van der Waals surface area contributed by atoms with E-state index in [9.17, 15) is 0 Å². The Morgan fingerprint density at radius 1 is 1.41 bits per heavy atom. The second-order valence-electron chi connectivity index (χ2n) is 3.56. The summed E-state index contributed by atoms with van der Waals surface area (Å²) in [6, 6.07) is 3.67. The molecule has 0 aliphatic carbocycles. The number of nitrogens with zero attached hydrogens (tertiary/aromatic N) is 3. The first-order valence-electron chi connectivity index (χ1n) is 5.37. The average Bonchev–Trinajstić information content (AvgIpc) is 2.37. The van der Waals surface area contributed by atoms with Crippen LogP contribution in [0.15, 0.2) is 55.0 Å². The zero-order valence-corrected chi connectivity index (χ0v) is 9.79. The van der Waals surface area contributed by atoms with E-state index < -0.39 is 0 Å². The Kier molecular flexibility index (Phi) is 5.68. The molecule has 4 nitrogen and oxygen atoms in total. The highest BCUT2D eigenvalue weighted by Crippen LogP contribution is 2.02. The minimum atomic E-state index is 0.528. The lowest BCUT2D eigenvalue weighted by molar-refractivity contribution is 0.311. The predicted molar refractivity (Wildman–Crippen MR) is 69.4 cm³/mol. The Balaban J connectivity index is 2.75. The van der Waals surface area contributed by atoms with Gasteiger partial charge in [-0.2, -0.15) is 0 Å². The molecule has 1 aromatic rings. The Morgan fingerprint density at radius 3 is 2.59 bits per heavy atom. The van der Waals surface area contributed by atoms with Crippen LogP contribution in [0.25, 0.3) is 0 Å². The number of oxime groups is 1. The predicted octanol–water partition coefficient (Wildman–Crippen LogP) is 1.93. The van der Waals surface area contributed by atoms with Gasteiger partial charge in [-0.3, -0.25) is 9.88 Å². The van der Waals surface area contributed by atoms with Gasteiger partial charge < -0.3 is 5.21 Å². The Morgan fingerprint density at radius 2 is 2.12 bits per heavy atom. The average molecular weight is 231 g/mol. The van der Waals surface area contributed by atoms with Gasteiger partial charge in [0.2, 0.25) is 0 Å². The van der Waals surface area contributed by atoms with Crippen molar-refractivity contribution in [2.45, 2.75) is 0 Å². The van der Waals surface area contributed by atoms with E-state index in [2.05, 4.69) is 28.2 Å². The summed E-state index contributed by atoms with van der Waals surface area (Å²) < 4.78 is 0. The van der Waals surface area contributed by atoms with Gasteiger partial charge >= 0.3 is 0 Å². The van der Waals surface area contributed by atoms with Crippen LogP contribution in [-0.4, -0.2) is 40.4 Å². The maximum atomic E-state index is 9.05. The molecule has 0 amide bonds. The number of hydrogen-bond donors (Lipinski definition) is 1. The molecule has 0 atom stereocenters. The quantitative estimate of drug-likeness (QED) is 0.337. The van der Waals surface area contributed by atoms with E-state index >= 15 is 0 Å². The second-order valence-corrected chi connectivity index (χ2v) is 3.56. The molecule has 0 bridgehead atoms. The highest BCUT2D eigenvalue weighted by atomic mass is 16.4. The first kappa shape index (κ1) is 13.1. The van der Waals surface area contributed by atoms with E-state index in [0.29, 0.717) is 25.3 Å². The van der Waals surface area contributed by atoms with E-state index in [0.717, 1.165) is 5.56 Å². The summed E-state index contributed by atoms with van der Waals surface area (Å²) in [5.41, 5.74) is 1.40. The van der Waals surface area contributed by atoms with Crippen molar-refractivity contribution in [3.05, 3.63) is 55.4 Å². The van der Waals surface area contributed by atoms with Crippen LogP contribution in [0.2, 0.25) is 0 Å². The van der Waals surface area contributed by atoms with Gasteiger partial charge in [-0.15, -0.1) is 13.2 Å². The van der Waals surface area contributed by atoms with Gasteiger partial charge in [-0.1, -0.05) is 17.3 Å². The van der Waals surface area contributed by atoms with Crippen LogP contribution < -0.4 is 0 Å². The molecule has 0 unspecified atom stereocenters. The van der Waals surface area contributed by atoms with Gasteiger partial charge in [0.15, 0.2) is 0 Å². The molecule has 90 valence electrons. The van der Waals surface area contributed by atoms with Crippen molar-refractivity contribution >= 4 is 5.71 Å². The van der Waals surface area contributed by atoms with Crippen LogP contribution in [0.4, 0.5) is 0 Å². The summed E-state index contributed by atoms with van der Waals surface area (Å²) in [7, 11) is 0. The summed E-state index contributed by atoms with van der Waals surface area (Å²) in [6.45, 7) is 9.35. The number of pyridine rings is 1. The molecule has 1 rings (SSSR count). The highest BCUT2D eigenvalue weighted by Gasteiger charge is 2.09. The van der Waals surface area contributed by atoms with Gasteiger partial charge in [-0.25, -0.2) is 0 Å². The fourth-order valence-corrected chi connectivity index (χ4v) is 1.49. The van der Waals surface area contributed by atoms with Gasteiger partial charge in [0.05, 0.1) is 0 Å². The molecule has 0 saturated heterocycles. The minimum Gasteiger partial charge on any atom is -0.411 e. The lowest BCUT2D eigenvalue weighted by Gasteiger charge is -2.18. The van der Waals surface area contributed by atoms with E-state index in [1.54, 1.807) is 12.4 Å². The summed E-state index contributed by atoms with van der Waals surface area (Å²) in [4.78, 5) is 6.06. The Labute approximate surface area is 102 Å². The van der Waals surface area contributed by atoms with Crippen LogP contribution in [0.1, 0.15) is 5.56 Å². The smallest absolute Gasteiger partial charge is 0.102 e. The largest absolute Gasteiger partial charge is 0.411 e. The molecule has 4 heteroatoms. The highest BCUT2D eigenvalue weighted by molar-refractivity contribution is 6.01. The third-order valence-electron chi connectivity index (χ3n) is 2.26. The van der Waals surface area contributed by atoms with Crippen molar-refractivity contribution < 1.29 is 5.21 Å². The van der Waals surface area contributed by atoms with E-state index in [-0.39, 0.29) is 0 Å². The third-order valence-corrected chi connectivity index (χ3v) is 2.26. The van der Waals surface area contributed by atoms with Crippen LogP contribution in [0.5, 0.6) is 0 Å². The SMILES string of the molecule is C=CCN(CC=C)C/C(=N/O)c1cccnc1. The Bertz CT molecular complexity index is 377. The maximum absolute atomic E-state index is 9.05. The number of hydrogen-bond acceptors (Lipinski definition) is 4. The molecule has 0 aliphatic rings. The van der Waals surface area contributed by atoms with E-state index in [1.165, 1.54) is 0 Å². The molecule has 1 N–H and O–H groups in total. The fourth-order valence-electron chi connectivity index (χ4n) is 1.49. The molecular weight excluding hydrogens is 214 g/mol. The van der Waals surface area contributed by atoms with Gasteiger partial charge in [-0.05, 0) is 12.1 Å². The molecule has 0 saturated carbocycles. The third kappa shape index (κ3) is 4.20. The lowest BCUT2D eigenvalue weighted by Crippen LogP contribution is -2.30. The standard InChI is InChI=1S/C13H17N3O/c1-3-8-16(9-4-2)11-13(15-17)12-6-5-7-14-10-12/h3-7,10,17H,1-2,8-9,11H2/b15-13-. The van der Waals surface area contributed by atoms with Crippen LogP contribution >= 0.6 is 0 Å². The summed E-state index contributed by atoms with van der Waals surface area (Å²) in [5.74, 6) is 0. The minimum absolute atomic E-state index is 0.528. The molecule has 0 radical (unpaired) electrons. The summed E-state index contributed by atoms with van der Waals surface area (Å²) in [5, 5.41) is 12.4. The molecular formula is C13H17N3O. The number of aromatic nitrogens is 1. The van der Waals surface area contributed by atoms with E-state index in [1.807, 2.05) is 24.3 Å². The van der Waals surface area contributed by atoms with Gasteiger partial charge in [0.25, 0.3) is 0 Å². The molecule has 0 fully saturated rings. The van der Waals surface area contributed by atoms with Crippen molar-refractivity contribution in [1.29, 1.82) is 0 Å². The molecule has 17 heavy (non-hydrogen) atoms. The van der Waals surface area contributed by atoms with Crippen LogP contribution in [0, 0.1) is 0 Å². The molecule has 0 spiro atoms. The van der Waals surface area contributed by atoms with Crippen molar-refractivity contribution in [2.75, 3.05) is 19.6 Å². The van der Waals surface area contributed by atoms with Crippen molar-refractivity contribution in [1.82, 2.24) is 9.88 Å². The zero-order chi connectivity index (χ0) is 12.5. The first-order chi connectivity index (χ1) is 8.31. The van der Waals surface area contributed by atoms with Crippen molar-refractivity contribution in [3.8, 4) is 0 Å². The molecule has 0 aromatic carbocycles. The lowest BCUT2D eigenvalue weighted by atomic mass is 10.1. The van der Waals surface area contributed by atoms with Crippen LogP contribution in [-0.2, 0) is 0 Å². The zero-order valence-electron chi connectivity index (χ0n) is 9.79. The van der Waals surface area contributed by atoms with E-state index in [4.69, 9.17) is 5.21 Å². The van der Waals surface area contributed by atoms with Crippen molar-refractivity contribution in [2.24, 2.45) is 5.16 Å². The maximum Gasteiger partial charge on any atom is 0.102 e. The van der Waals surface area contributed by atoms with Crippen molar-refractivity contribution in [3.63, 3.8) is 0 Å². The monoisotopic (exact) mass is 231 g/mol. The molecule has 0 aliphatic heterocycles.